The Kier molecular flexibility index (Phi) is 19.7. The Morgan fingerprint density at radius 3 is 1.82 bits per heavy atom. The number of nitrogens with two attached hydrogens (primary N) is 1. The zero-order chi connectivity index (χ0) is 28.1. The highest BCUT2D eigenvalue weighted by atomic mass is 16.6. The summed E-state index contributed by atoms with van der Waals surface area (Å²) in [6, 6.07) is 7.75. The van der Waals surface area contributed by atoms with Gasteiger partial charge in [-0.3, -0.25) is 0 Å². The van der Waals surface area contributed by atoms with Gasteiger partial charge in [-0.05, 0) is 29.8 Å². The summed E-state index contributed by atoms with van der Waals surface area (Å²) in [4.78, 5) is 47.5. The van der Waals surface area contributed by atoms with Gasteiger partial charge < -0.3 is 45.8 Å². The number of benzene rings is 1. The van der Waals surface area contributed by atoms with E-state index in [2.05, 4.69) is 10.1 Å². The van der Waals surface area contributed by atoms with Crippen molar-refractivity contribution in [3.05, 3.63) is 72.9 Å². The molecule has 0 saturated heterocycles. The van der Waals surface area contributed by atoms with Crippen molar-refractivity contribution < 1.29 is 54.7 Å². The number of aromatic nitrogens is 2. The third-order valence-corrected chi connectivity index (χ3v) is 3.71. The van der Waals surface area contributed by atoms with E-state index in [1.807, 2.05) is 35.0 Å². The van der Waals surface area contributed by atoms with Gasteiger partial charge in [-0.1, -0.05) is 5.16 Å². The predicted octanol–water partition coefficient (Wildman–Crippen LogP) is 0.260. The number of carboxylic acids is 4. The summed E-state index contributed by atoms with van der Waals surface area (Å²) in [5.74, 6) is -4.21. The first-order valence-corrected chi connectivity index (χ1v) is 10.4. The van der Waals surface area contributed by atoms with Crippen molar-refractivity contribution in [3.63, 3.8) is 0 Å². The fourth-order valence-electron chi connectivity index (χ4n) is 2.14. The van der Waals surface area contributed by atoms with Crippen LogP contribution in [0.1, 0.15) is 12.0 Å². The van der Waals surface area contributed by atoms with E-state index in [4.69, 9.17) is 35.7 Å². The SMILES string of the molecule is COc1ccc(C(CCn2ccnc2)=NOCCN)cc1.O.O=C(O)/C=C/C(=O)O.O=C(O)/C=C/C(=O)O. The van der Waals surface area contributed by atoms with Gasteiger partial charge in [0.25, 0.3) is 0 Å². The number of ether oxygens (including phenoxy) is 1. The number of aryl methyl sites for hydroxylation is 1. The number of methoxy groups -OCH3 is 1. The van der Waals surface area contributed by atoms with E-state index < -0.39 is 23.9 Å². The van der Waals surface area contributed by atoms with Crippen molar-refractivity contribution in [2.75, 3.05) is 20.3 Å². The maximum atomic E-state index is 9.55. The lowest BCUT2D eigenvalue weighted by Gasteiger charge is -2.08. The topological polar surface area (TPSA) is 255 Å². The second kappa shape index (κ2) is 21.3. The molecule has 15 heteroatoms. The molecule has 0 aliphatic rings. The van der Waals surface area contributed by atoms with Crippen LogP contribution >= 0.6 is 0 Å². The lowest BCUT2D eigenvalue weighted by Crippen LogP contribution is -2.10. The van der Waals surface area contributed by atoms with Gasteiger partial charge in [-0.25, -0.2) is 24.2 Å². The van der Waals surface area contributed by atoms with Gasteiger partial charge in [0.05, 0.1) is 19.1 Å². The molecule has 0 aliphatic heterocycles. The molecule has 0 amide bonds. The minimum atomic E-state index is -1.26. The van der Waals surface area contributed by atoms with Crippen LogP contribution in [0, 0.1) is 0 Å². The van der Waals surface area contributed by atoms with Crippen molar-refractivity contribution in [1.29, 1.82) is 0 Å². The highest BCUT2D eigenvalue weighted by molar-refractivity contribution is 6.00. The molecule has 38 heavy (non-hydrogen) atoms. The quantitative estimate of drug-likeness (QED) is 0.105. The predicted molar refractivity (Wildman–Crippen MR) is 134 cm³/mol. The average Bonchev–Trinajstić information content (AvgIpc) is 3.38. The van der Waals surface area contributed by atoms with E-state index in [0.29, 0.717) is 37.5 Å². The molecular weight excluding hydrogens is 508 g/mol. The van der Waals surface area contributed by atoms with Gasteiger partial charge in [0.1, 0.15) is 12.4 Å². The summed E-state index contributed by atoms with van der Waals surface area (Å²) in [5, 5.41) is 35.4. The van der Waals surface area contributed by atoms with E-state index in [9.17, 15) is 19.2 Å². The Labute approximate surface area is 217 Å². The minimum absolute atomic E-state index is 0. The van der Waals surface area contributed by atoms with Crippen LogP contribution in [0.5, 0.6) is 5.75 Å². The lowest BCUT2D eigenvalue weighted by atomic mass is 10.1. The number of aliphatic carboxylic acids is 4. The third-order valence-electron chi connectivity index (χ3n) is 3.71. The summed E-state index contributed by atoms with van der Waals surface area (Å²) in [6.07, 6.45) is 8.44. The molecule has 0 atom stereocenters. The van der Waals surface area contributed by atoms with E-state index in [0.717, 1.165) is 30.0 Å². The van der Waals surface area contributed by atoms with E-state index >= 15 is 0 Å². The second-order valence-electron chi connectivity index (χ2n) is 6.46. The fourth-order valence-corrected chi connectivity index (χ4v) is 2.14. The Hall–Kier alpha value is -5.02. The first-order valence-electron chi connectivity index (χ1n) is 10.4. The summed E-state index contributed by atoms with van der Waals surface area (Å²) in [6.45, 7) is 1.64. The van der Waals surface area contributed by atoms with Crippen molar-refractivity contribution in [2.45, 2.75) is 13.0 Å². The highest BCUT2D eigenvalue weighted by Crippen LogP contribution is 2.14. The number of nitrogens with zero attached hydrogens (tertiary/aromatic N) is 3. The molecule has 208 valence electrons. The number of hydrogen-bond donors (Lipinski definition) is 5. The zero-order valence-electron chi connectivity index (χ0n) is 20.3. The summed E-state index contributed by atoms with van der Waals surface area (Å²) < 4.78 is 7.17. The molecule has 0 bridgehead atoms. The normalized spacial score (nSPS) is 10.3. The molecule has 1 heterocycles. The fraction of sp³-hybridized carbons (Fsp3) is 0.217. The van der Waals surface area contributed by atoms with Crippen LogP contribution in [-0.2, 0) is 30.6 Å². The Morgan fingerprint density at radius 1 is 0.947 bits per heavy atom. The number of oxime groups is 1. The van der Waals surface area contributed by atoms with Gasteiger partial charge in [0.2, 0.25) is 0 Å². The standard InChI is InChI=1S/C15H20N4O2.2C4H4O4.H2O/c1-20-14-4-2-13(3-5-14)15(18-21-11-7-16)6-9-19-10-8-17-12-19;2*5-3(6)1-2-4(7)8;/h2-5,8,10,12H,6-7,9,11,16H2,1H3;2*1-2H,(H,5,6)(H,7,8);1H2/b;2*2-1+;. The molecule has 15 nitrogen and oxygen atoms in total. The van der Waals surface area contributed by atoms with Gasteiger partial charge in [-0.15, -0.1) is 0 Å². The van der Waals surface area contributed by atoms with Crippen LogP contribution in [-0.4, -0.2) is 85.3 Å². The first kappa shape index (κ1) is 35.1. The average molecular weight is 539 g/mol. The third kappa shape index (κ3) is 19.3. The number of hydrogen-bond acceptors (Lipinski definition) is 9. The number of carbonyl (C=O) groups is 4. The van der Waals surface area contributed by atoms with E-state index in [-0.39, 0.29) is 5.48 Å². The van der Waals surface area contributed by atoms with Crippen molar-refractivity contribution >= 4 is 29.6 Å². The summed E-state index contributed by atoms with van der Waals surface area (Å²) >= 11 is 0. The zero-order valence-corrected chi connectivity index (χ0v) is 20.3. The van der Waals surface area contributed by atoms with Crippen molar-refractivity contribution in [2.24, 2.45) is 10.9 Å². The molecule has 0 fully saturated rings. The second-order valence-corrected chi connectivity index (χ2v) is 6.46. The maximum absolute atomic E-state index is 9.55. The van der Waals surface area contributed by atoms with Crippen LogP contribution in [0.4, 0.5) is 0 Å². The Morgan fingerprint density at radius 2 is 1.45 bits per heavy atom. The molecule has 2 rings (SSSR count). The Bertz CT molecular complexity index is 998. The minimum Gasteiger partial charge on any atom is -0.497 e. The smallest absolute Gasteiger partial charge is 0.328 e. The molecule has 1 aromatic carbocycles. The van der Waals surface area contributed by atoms with Gasteiger partial charge >= 0.3 is 23.9 Å². The molecule has 0 spiro atoms. The molecule has 0 aliphatic carbocycles. The van der Waals surface area contributed by atoms with E-state index in [1.165, 1.54) is 0 Å². The molecule has 0 radical (unpaired) electrons. The lowest BCUT2D eigenvalue weighted by molar-refractivity contribution is -0.134. The number of carboxylic acid groups (broad SMARTS) is 4. The largest absolute Gasteiger partial charge is 0.497 e. The Balaban J connectivity index is 0. The van der Waals surface area contributed by atoms with Crippen molar-refractivity contribution in [1.82, 2.24) is 9.55 Å². The van der Waals surface area contributed by atoms with Crippen LogP contribution in [0.15, 0.2) is 72.4 Å². The monoisotopic (exact) mass is 538 g/mol. The van der Waals surface area contributed by atoms with Crippen LogP contribution in [0.3, 0.4) is 0 Å². The van der Waals surface area contributed by atoms with Gasteiger partial charge in [0.15, 0.2) is 0 Å². The number of imidazole rings is 1. The molecule has 1 aromatic heterocycles. The van der Waals surface area contributed by atoms with Crippen LogP contribution < -0.4 is 10.5 Å². The van der Waals surface area contributed by atoms with Gasteiger partial charge in [0, 0.05) is 56.2 Å². The molecule has 0 saturated carbocycles. The van der Waals surface area contributed by atoms with Crippen LogP contribution in [0.25, 0.3) is 0 Å². The molecule has 8 N–H and O–H groups in total. The molecule has 0 unspecified atom stereocenters. The molecule has 2 aromatic rings. The first-order chi connectivity index (χ1) is 17.6. The maximum Gasteiger partial charge on any atom is 0.328 e. The van der Waals surface area contributed by atoms with Gasteiger partial charge in [-0.2, -0.15) is 0 Å². The number of rotatable bonds is 12. The summed E-state index contributed by atoms with van der Waals surface area (Å²) in [7, 11) is 1.65. The summed E-state index contributed by atoms with van der Waals surface area (Å²) in [5.41, 5.74) is 7.30. The van der Waals surface area contributed by atoms with Crippen molar-refractivity contribution in [3.8, 4) is 5.75 Å². The highest BCUT2D eigenvalue weighted by Gasteiger charge is 2.06. The van der Waals surface area contributed by atoms with E-state index in [1.54, 1.807) is 19.6 Å². The van der Waals surface area contributed by atoms with Crippen LogP contribution in [0.2, 0.25) is 0 Å². The molecular formula is C23H30N4O11.